The van der Waals surface area contributed by atoms with Gasteiger partial charge >= 0.3 is 18.3 Å². The van der Waals surface area contributed by atoms with Gasteiger partial charge < -0.3 is 25.6 Å². The van der Waals surface area contributed by atoms with Crippen LogP contribution in [0.4, 0.5) is 42.1 Å². The molecule has 0 aliphatic heterocycles. The largest absolute Gasteiger partial charge is 0.477 e. The van der Waals surface area contributed by atoms with E-state index in [-0.39, 0.29) is 39.2 Å². The number of aromatic carboxylic acids is 1. The summed E-state index contributed by atoms with van der Waals surface area (Å²) in [5, 5.41) is 10.4. The number of carboxylic acid groups (broad SMARTS) is 1. The minimum absolute atomic E-state index is 0.0215. The van der Waals surface area contributed by atoms with Crippen molar-refractivity contribution in [3.05, 3.63) is 71.5 Å². The van der Waals surface area contributed by atoms with E-state index in [1.165, 1.54) is 30.7 Å². The molecule has 0 unspecified atom stereocenters. The Morgan fingerprint density at radius 2 is 1.34 bits per heavy atom. The van der Waals surface area contributed by atoms with Crippen LogP contribution in [0.15, 0.2) is 49.6 Å². The molecule has 0 atom stereocenters. The van der Waals surface area contributed by atoms with Crippen LogP contribution < -0.4 is 20.5 Å². The van der Waals surface area contributed by atoms with Gasteiger partial charge in [0.25, 0.3) is 5.91 Å². The summed E-state index contributed by atoms with van der Waals surface area (Å²) in [5.41, 5.74) is 4.90. The zero-order valence-electron chi connectivity index (χ0n) is 23.9. The van der Waals surface area contributed by atoms with Gasteiger partial charge in [0.1, 0.15) is 29.7 Å². The van der Waals surface area contributed by atoms with Crippen molar-refractivity contribution in [3.8, 4) is 11.8 Å². The van der Waals surface area contributed by atoms with Crippen molar-refractivity contribution in [1.29, 1.82) is 0 Å². The van der Waals surface area contributed by atoms with Gasteiger partial charge in [0.05, 0.1) is 20.9 Å². The third-order valence-corrected chi connectivity index (χ3v) is 4.44. The van der Waals surface area contributed by atoms with Crippen LogP contribution in [0.25, 0.3) is 0 Å². The van der Waals surface area contributed by atoms with Crippen molar-refractivity contribution in [1.82, 2.24) is 39.9 Å². The molecule has 0 aliphatic rings. The van der Waals surface area contributed by atoms with Crippen LogP contribution in [0, 0.1) is 0 Å². The predicted molar refractivity (Wildman–Crippen MR) is 148 cm³/mol. The molecule has 4 aromatic heterocycles. The minimum atomic E-state index is -4.54. The monoisotopic (exact) mass is 719 g/mol. The van der Waals surface area contributed by atoms with Gasteiger partial charge in [-0.25, -0.2) is 39.7 Å². The first-order valence-corrected chi connectivity index (χ1v) is 12.3. The van der Waals surface area contributed by atoms with Crippen molar-refractivity contribution in [3.63, 3.8) is 0 Å². The number of nitrogens with one attached hydrogen (secondary N) is 1. The second-order valence-corrected chi connectivity index (χ2v) is 8.19. The third-order valence-electron chi connectivity index (χ3n) is 4.08. The number of amides is 1. The van der Waals surface area contributed by atoms with E-state index in [1.807, 2.05) is 0 Å². The number of nitrogen functional groups attached to an aromatic ring is 1. The standard InChI is InChI=1S/C11H7ClF3N5O2.C6H6F3N3O.C5H3ClN2O2.CH3F/c12-10-17-2-1-6(20-10)8(21)19-7-3-16-5-18-9(7)22-4-11(13,14)15;7-6(8,9)2-13-5-4(10)1-11-3-12-5;6-5-7-2-1-3(8-5)4(9)10;1-2/h1-3,5H,4H2,(H,19,21);1,3H,2,10H2;1-2H,(H,9,10);1H3/i;;;1D. The van der Waals surface area contributed by atoms with Crippen molar-refractivity contribution < 1.29 is 56.3 Å². The molecule has 0 aromatic carbocycles. The van der Waals surface area contributed by atoms with Gasteiger partial charge in [0.2, 0.25) is 22.3 Å². The average Bonchev–Trinajstić information content (AvgIpc) is 3.00. The van der Waals surface area contributed by atoms with Crippen LogP contribution in [-0.2, 0) is 0 Å². The zero-order valence-corrected chi connectivity index (χ0v) is 24.4. The van der Waals surface area contributed by atoms with Crippen LogP contribution in [0.5, 0.6) is 11.8 Å². The Hall–Kier alpha value is -5.25. The lowest BCUT2D eigenvalue weighted by Crippen LogP contribution is -2.21. The molecule has 4 N–H and O–H groups in total. The Balaban J connectivity index is 0.000000375. The molecule has 4 aromatic rings. The lowest BCUT2D eigenvalue weighted by molar-refractivity contribution is -0.154. The molecular formula is C23H19Cl2F7N10O5. The Morgan fingerprint density at radius 1 is 0.872 bits per heavy atom. The summed E-state index contributed by atoms with van der Waals surface area (Å²) >= 11 is 10.8. The molecule has 0 radical (unpaired) electrons. The highest BCUT2D eigenvalue weighted by atomic mass is 35.5. The normalized spacial score (nSPS) is 10.7. The van der Waals surface area contributed by atoms with Crippen LogP contribution in [0.3, 0.4) is 0 Å². The number of carboxylic acids is 1. The van der Waals surface area contributed by atoms with Gasteiger partial charge in [-0.2, -0.15) is 31.3 Å². The van der Waals surface area contributed by atoms with E-state index >= 15 is 0 Å². The molecule has 1 amide bonds. The molecule has 0 saturated heterocycles. The van der Waals surface area contributed by atoms with Crippen LogP contribution in [-0.4, -0.2) is 89.6 Å². The SMILES string of the molecule is Nc1cncnc1OCC(F)(F)F.O=C(Nc1cncnc1OCC(F)(F)F)c1ccnc(Cl)n1.O=C(O)c1ccnc(Cl)n1.[2H]CF. The second-order valence-electron chi connectivity index (χ2n) is 7.51. The van der Waals surface area contributed by atoms with Crippen molar-refractivity contribution in [2.75, 3.05) is 31.4 Å². The first kappa shape index (κ1) is 37.9. The molecular weight excluding hydrogens is 700 g/mol. The number of nitrogens with zero attached hydrogens (tertiary/aromatic N) is 8. The maximum Gasteiger partial charge on any atom is 0.422 e. The number of aromatic nitrogens is 8. The summed E-state index contributed by atoms with van der Waals surface area (Å²) < 4.78 is 95.8. The van der Waals surface area contributed by atoms with Crippen molar-refractivity contribution in [2.45, 2.75) is 12.4 Å². The molecule has 0 aliphatic carbocycles. The highest BCUT2D eigenvalue weighted by Gasteiger charge is 2.30. The first-order chi connectivity index (χ1) is 22.5. The topological polar surface area (TPSA) is 214 Å². The molecule has 0 fully saturated rings. The molecule has 24 heteroatoms. The number of rotatable bonds is 7. The fourth-order valence-electron chi connectivity index (χ4n) is 2.37. The summed E-state index contributed by atoms with van der Waals surface area (Å²) in [6.45, 7) is -2.96. The smallest absolute Gasteiger partial charge is 0.422 e. The number of nitrogens with two attached hydrogens (primary N) is 1. The maximum atomic E-state index is 12.2. The molecule has 4 rings (SSSR count). The maximum absolute atomic E-state index is 12.2. The van der Waals surface area contributed by atoms with Crippen LogP contribution in [0.2, 0.25) is 10.6 Å². The van der Waals surface area contributed by atoms with Gasteiger partial charge in [0, 0.05) is 12.4 Å². The summed E-state index contributed by atoms with van der Waals surface area (Å²) in [4.78, 5) is 50.4. The summed E-state index contributed by atoms with van der Waals surface area (Å²) in [6, 6.07) is 2.55. The highest BCUT2D eigenvalue weighted by Crippen LogP contribution is 2.23. The minimum Gasteiger partial charge on any atom is -0.477 e. The fourth-order valence-corrected chi connectivity index (χ4v) is 2.67. The number of alkyl halides is 7. The summed E-state index contributed by atoms with van der Waals surface area (Å²) in [5.74, 6) is -2.51. The fraction of sp³-hybridized carbons (Fsp3) is 0.217. The number of halogens is 9. The van der Waals surface area contributed by atoms with E-state index in [0.717, 1.165) is 18.9 Å². The molecule has 47 heavy (non-hydrogen) atoms. The molecule has 0 bridgehead atoms. The molecule has 254 valence electrons. The Labute approximate surface area is 269 Å². The number of ether oxygens (including phenoxy) is 2. The van der Waals surface area contributed by atoms with Gasteiger partial charge in [-0.15, -0.1) is 0 Å². The average molecular weight is 720 g/mol. The summed E-state index contributed by atoms with van der Waals surface area (Å²) in [7, 11) is -1.00. The van der Waals surface area contributed by atoms with Crippen molar-refractivity contribution >= 4 is 46.5 Å². The lowest BCUT2D eigenvalue weighted by Gasteiger charge is -2.11. The Kier molecular flexibility index (Phi) is 15.6. The van der Waals surface area contributed by atoms with E-state index < -0.39 is 50.5 Å². The van der Waals surface area contributed by atoms with Gasteiger partial charge in [-0.3, -0.25) is 9.18 Å². The predicted octanol–water partition coefficient (Wildman–Crippen LogP) is 4.53. The molecule has 15 nitrogen and oxygen atoms in total. The number of hydrogen-bond acceptors (Lipinski definition) is 13. The number of hydrogen-bond donors (Lipinski definition) is 3. The summed E-state index contributed by atoms with van der Waals surface area (Å²) in [6.07, 6.45) is -2.07. The highest BCUT2D eigenvalue weighted by molar-refractivity contribution is 6.28. The van der Waals surface area contributed by atoms with Crippen molar-refractivity contribution in [2.24, 2.45) is 0 Å². The number of carbonyl (C=O) groups is 2. The van der Waals surface area contributed by atoms with E-state index in [4.69, 9.17) is 35.4 Å². The van der Waals surface area contributed by atoms with E-state index in [9.17, 15) is 40.3 Å². The van der Waals surface area contributed by atoms with Gasteiger partial charge in [-0.05, 0) is 35.3 Å². The Bertz CT molecular complexity index is 1610. The number of anilines is 2. The quantitative estimate of drug-likeness (QED) is 0.177. The van der Waals surface area contributed by atoms with Crippen LogP contribution >= 0.6 is 23.2 Å². The Morgan fingerprint density at radius 3 is 1.81 bits per heavy atom. The molecule has 0 spiro atoms. The van der Waals surface area contributed by atoms with E-state index in [0.29, 0.717) is 0 Å². The zero-order chi connectivity index (χ0) is 36.3. The van der Waals surface area contributed by atoms with E-state index in [1.54, 1.807) is 0 Å². The lowest BCUT2D eigenvalue weighted by atomic mass is 10.3. The third kappa shape index (κ3) is 16.6. The molecule has 4 heterocycles. The molecule has 0 saturated carbocycles. The number of carbonyl (C=O) groups excluding carboxylic acids is 1. The van der Waals surface area contributed by atoms with E-state index in [2.05, 4.69) is 54.7 Å². The van der Waals surface area contributed by atoms with Crippen LogP contribution in [0.1, 0.15) is 22.3 Å². The van der Waals surface area contributed by atoms with Gasteiger partial charge in [-0.1, -0.05) is 0 Å². The second kappa shape index (κ2) is 19.3. The first-order valence-electron chi connectivity index (χ1n) is 12.3. The van der Waals surface area contributed by atoms with Gasteiger partial charge in [0.15, 0.2) is 18.9 Å².